The number of rotatable bonds is 7. The largest absolute Gasteiger partial charge is 0.379 e. The summed E-state index contributed by atoms with van der Waals surface area (Å²) in [6.45, 7) is 10.3. The third-order valence-corrected chi connectivity index (χ3v) is 3.16. The molecule has 0 bridgehead atoms. The summed E-state index contributed by atoms with van der Waals surface area (Å²) in [6.07, 6.45) is 0.990. The fourth-order valence-corrected chi connectivity index (χ4v) is 2.29. The molecule has 4 nitrogen and oxygen atoms in total. The van der Waals surface area contributed by atoms with Crippen molar-refractivity contribution in [2.75, 3.05) is 53.5 Å². The molecule has 1 aliphatic heterocycles. The minimum absolute atomic E-state index is 0.124. The number of nitrogens with zero attached hydrogens (tertiary/aromatic N) is 2. The Balaban J connectivity index is 2.44. The van der Waals surface area contributed by atoms with Gasteiger partial charge < -0.3 is 15.4 Å². The van der Waals surface area contributed by atoms with Crippen LogP contribution in [-0.2, 0) is 4.74 Å². The second-order valence-electron chi connectivity index (χ2n) is 6.10. The predicted octanol–water partition coefficient (Wildman–Crippen LogP) is 0.624. The maximum atomic E-state index is 6.36. The molecule has 0 radical (unpaired) electrons. The summed E-state index contributed by atoms with van der Waals surface area (Å²) in [4.78, 5) is 4.71. The lowest BCUT2D eigenvalue weighted by atomic mass is 9.99. The van der Waals surface area contributed by atoms with Crippen LogP contribution in [-0.4, -0.2) is 68.8 Å². The van der Waals surface area contributed by atoms with E-state index in [0.717, 1.165) is 39.2 Å². The molecule has 1 heterocycles. The van der Waals surface area contributed by atoms with Crippen LogP contribution in [0.2, 0.25) is 0 Å². The molecule has 1 rings (SSSR count). The van der Waals surface area contributed by atoms with Crippen molar-refractivity contribution < 1.29 is 4.74 Å². The van der Waals surface area contributed by atoms with Crippen LogP contribution in [0.25, 0.3) is 0 Å². The Morgan fingerprint density at radius 3 is 2.47 bits per heavy atom. The van der Waals surface area contributed by atoms with Gasteiger partial charge in [0.1, 0.15) is 0 Å². The lowest BCUT2D eigenvalue weighted by Crippen LogP contribution is -2.52. The van der Waals surface area contributed by atoms with E-state index in [9.17, 15) is 0 Å². The van der Waals surface area contributed by atoms with E-state index in [2.05, 4.69) is 37.7 Å². The normalized spacial score (nSPS) is 25.4. The Hall–Kier alpha value is -0.160. The smallest absolute Gasteiger partial charge is 0.0659 e. The molecule has 17 heavy (non-hydrogen) atoms. The van der Waals surface area contributed by atoms with Crippen LogP contribution >= 0.6 is 0 Å². The Kier molecular flexibility index (Phi) is 5.86. The molecule has 0 aromatic carbocycles. The van der Waals surface area contributed by atoms with Gasteiger partial charge in [-0.1, -0.05) is 13.8 Å². The summed E-state index contributed by atoms with van der Waals surface area (Å²) >= 11 is 0. The standard InChI is InChI=1S/C13H29N3O/c1-12(2)9-16(7-6-15(3)4)10-13(14)5-8-17-11-13/h12H,5-11,14H2,1-4H3. The van der Waals surface area contributed by atoms with Gasteiger partial charge in [0.05, 0.1) is 12.1 Å². The fraction of sp³-hybridized carbons (Fsp3) is 1.00. The van der Waals surface area contributed by atoms with Gasteiger partial charge >= 0.3 is 0 Å². The molecule has 4 heteroatoms. The number of hydrogen-bond donors (Lipinski definition) is 1. The molecule has 0 spiro atoms. The highest BCUT2D eigenvalue weighted by atomic mass is 16.5. The molecule has 0 aromatic heterocycles. The van der Waals surface area contributed by atoms with Gasteiger partial charge in [-0.15, -0.1) is 0 Å². The van der Waals surface area contributed by atoms with Gasteiger partial charge in [0.15, 0.2) is 0 Å². The Bertz CT molecular complexity index is 213. The Morgan fingerprint density at radius 1 is 1.29 bits per heavy atom. The summed E-state index contributed by atoms with van der Waals surface area (Å²) in [6, 6.07) is 0. The van der Waals surface area contributed by atoms with Gasteiger partial charge in [0.25, 0.3) is 0 Å². The number of hydrogen-bond acceptors (Lipinski definition) is 4. The van der Waals surface area contributed by atoms with E-state index in [4.69, 9.17) is 10.5 Å². The van der Waals surface area contributed by atoms with Gasteiger partial charge in [0, 0.05) is 32.8 Å². The minimum Gasteiger partial charge on any atom is -0.379 e. The van der Waals surface area contributed by atoms with E-state index in [-0.39, 0.29) is 5.54 Å². The first kappa shape index (κ1) is 14.9. The average Bonchev–Trinajstić information content (AvgIpc) is 2.60. The van der Waals surface area contributed by atoms with E-state index >= 15 is 0 Å². The van der Waals surface area contributed by atoms with Crippen molar-refractivity contribution in [2.24, 2.45) is 11.7 Å². The lowest BCUT2D eigenvalue weighted by molar-refractivity contribution is 0.141. The summed E-state index contributed by atoms with van der Waals surface area (Å²) in [7, 11) is 4.23. The molecule has 1 atom stereocenters. The molecule has 1 saturated heterocycles. The zero-order valence-corrected chi connectivity index (χ0v) is 11.9. The minimum atomic E-state index is -0.124. The van der Waals surface area contributed by atoms with Gasteiger partial charge in [-0.05, 0) is 26.4 Å². The first-order valence-corrected chi connectivity index (χ1v) is 6.65. The van der Waals surface area contributed by atoms with Crippen molar-refractivity contribution in [3.8, 4) is 0 Å². The van der Waals surface area contributed by atoms with Crippen LogP contribution in [0.15, 0.2) is 0 Å². The van der Waals surface area contributed by atoms with E-state index < -0.39 is 0 Å². The molecule has 0 aliphatic carbocycles. The van der Waals surface area contributed by atoms with Crippen LogP contribution in [0, 0.1) is 5.92 Å². The summed E-state index contributed by atoms with van der Waals surface area (Å²) in [5, 5.41) is 0. The van der Waals surface area contributed by atoms with E-state index in [1.165, 1.54) is 0 Å². The van der Waals surface area contributed by atoms with Crippen LogP contribution in [0.5, 0.6) is 0 Å². The third kappa shape index (κ3) is 5.82. The van der Waals surface area contributed by atoms with Crippen molar-refractivity contribution in [2.45, 2.75) is 25.8 Å². The summed E-state index contributed by atoms with van der Waals surface area (Å²) in [5.74, 6) is 0.683. The number of ether oxygens (including phenoxy) is 1. The van der Waals surface area contributed by atoms with Crippen molar-refractivity contribution >= 4 is 0 Å². The zero-order valence-electron chi connectivity index (χ0n) is 11.9. The average molecular weight is 243 g/mol. The maximum Gasteiger partial charge on any atom is 0.0659 e. The van der Waals surface area contributed by atoms with Crippen LogP contribution in [0.3, 0.4) is 0 Å². The first-order valence-electron chi connectivity index (χ1n) is 6.65. The topological polar surface area (TPSA) is 41.7 Å². The molecule has 1 aliphatic rings. The summed E-state index contributed by atoms with van der Waals surface area (Å²) in [5.41, 5.74) is 6.24. The molecular formula is C13H29N3O. The second kappa shape index (κ2) is 6.69. The van der Waals surface area contributed by atoms with Crippen molar-refractivity contribution in [3.63, 3.8) is 0 Å². The lowest BCUT2D eigenvalue weighted by Gasteiger charge is -2.33. The van der Waals surface area contributed by atoms with Crippen molar-refractivity contribution in [1.29, 1.82) is 0 Å². The van der Waals surface area contributed by atoms with Crippen LogP contribution in [0.1, 0.15) is 20.3 Å². The molecule has 0 amide bonds. The Morgan fingerprint density at radius 2 is 2.00 bits per heavy atom. The third-order valence-electron chi connectivity index (χ3n) is 3.16. The highest BCUT2D eigenvalue weighted by Crippen LogP contribution is 2.17. The van der Waals surface area contributed by atoms with Crippen LogP contribution < -0.4 is 5.73 Å². The molecule has 0 aromatic rings. The Labute approximate surface area is 106 Å². The fourth-order valence-electron chi connectivity index (χ4n) is 2.29. The molecule has 102 valence electrons. The molecule has 2 N–H and O–H groups in total. The molecule has 1 unspecified atom stereocenters. The van der Waals surface area contributed by atoms with Gasteiger partial charge in [0.2, 0.25) is 0 Å². The SMILES string of the molecule is CC(C)CN(CCN(C)C)CC1(N)CCOC1. The predicted molar refractivity (Wildman–Crippen MR) is 72.2 cm³/mol. The number of nitrogens with two attached hydrogens (primary N) is 1. The first-order chi connectivity index (χ1) is 7.91. The second-order valence-corrected chi connectivity index (χ2v) is 6.10. The quantitative estimate of drug-likeness (QED) is 0.712. The highest BCUT2D eigenvalue weighted by molar-refractivity contribution is 4.91. The molecule has 0 saturated carbocycles. The maximum absolute atomic E-state index is 6.36. The van der Waals surface area contributed by atoms with E-state index in [1.54, 1.807) is 0 Å². The van der Waals surface area contributed by atoms with Gasteiger partial charge in [-0.2, -0.15) is 0 Å². The molecular weight excluding hydrogens is 214 g/mol. The number of likely N-dealkylation sites (N-methyl/N-ethyl adjacent to an activating group) is 1. The molecule has 1 fully saturated rings. The van der Waals surface area contributed by atoms with Crippen molar-refractivity contribution in [3.05, 3.63) is 0 Å². The monoisotopic (exact) mass is 243 g/mol. The van der Waals surface area contributed by atoms with Crippen LogP contribution in [0.4, 0.5) is 0 Å². The van der Waals surface area contributed by atoms with E-state index in [0.29, 0.717) is 12.5 Å². The highest BCUT2D eigenvalue weighted by Gasteiger charge is 2.32. The van der Waals surface area contributed by atoms with Gasteiger partial charge in [-0.3, -0.25) is 4.90 Å². The van der Waals surface area contributed by atoms with E-state index in [1.807, 2.05) is 0 Å². The zero-order chi connectivity index (χ0) is 12.9. The summed E-state index contributed by atoms with van der Waals surface area (Å²) < 4.78 is 5.43. The van der Waals surface area contributed by atoms with Crippen molar-refractivity contribution in [1.82, 2.24) is 9.80 Å². The van der Waals surface area contributed by atoms with Gasteiger partial charge in [-0.25, -0.2) is 0 Å².